The highest BCUT2D eigenvalue weighted by atomic mass is 35.5. The van der Waals surface area contributed by atoms with Gasteiger partial charge in [-0.05, 0) is 36.1 Å². The van der Waals surface area contributed by atoms with E-state index in [1.54, 1.807) is 6.07 Å². The van der Waals surface area contributed by atoms with Gasteiger partial charge in [0.15, 0.2) is 0 Å². The summed E-state index contributed by atoms with van der Waals surface area (Å²) in [5, 5.41) is 1.13. The molecule has 2 nitrogen and oxygen atoms in total. The van der Waals surface area contributed by atoms with Gasteiger partial charge in [-0.3, -0.25) is 4.79 Å². The summed E-state index contributed by atoms with van der Waals surface area (Å²) in [5.74, 6) is 0.179. The van der Waals surface area contributed by atoms with Crippen LogP contribution < -0.4 is 0 Å². The van der Waals surface area contributed by atoms with Crippen LogP contribution in [0.4, 0.5) is 0 Å². The van der Waals surface area contributed by atoms with E-state index in [4.69, 9.17) is 27.9 Å². The Kier molecular flexibility index (Phi) is 2.68. The van der Waals surface area contributed by atoms with E-state index in [2.05, 4.69) is 0 Å². The van der Waals surface area contributed by atoms with Gasteiger partial charge >= 0.3 is 5.97 Å². The first kappa shape index (κ1) is 12.1. The van der Waals surface area contributed by atoms with Crippen LogP contribution in [0, 0.1) is 5.92 Å². The number of hydrogen-bond donors (Lipinski definition) is 0. The number of halogens is 2. The average Bonchev–Trinajstić information content (AvgIpc) is 2.82. The molecule has 1 fully saturated rings. The van der Waals surface area contributed by atoms with Crippen LogP contribution in [0.1, 0.15) is 25.3 Å². The van der Waals surface area contributed by atoms with Crippen LogP contribution in [0.15, 0.2) is 24.3 Å². The lowest BCUT2D eigenvalue weighted by molar-refractivity contribution is -0.146. The van der Waals surface area contributed by atoms with E-state index in [-0.39, 0.29) is 11.6 Å². The van der Waals surface area contributed by atoms with Crippen LogP contribution in [-0.2, 0) is 9.53 Å². The highest BCUT2D eigenvalue weighted by Gasteiger charge is 2.59. The molecule has 0 radical (unpaired) electrons. The Bertz CT molecular complexity index is 565. The van der Waals surface area contributed by atoms with Gasteiger partial charge in [-0.25, -0.2) is 0 Å². The van der Waals surface area contributed by atoms with Gasteiger partial charge in [0, 0.05) is 12.8 Å². The molecule has 1 aromatic carbocycles. The Morgan fingerprint density at radius 2 is 2.22 bits per heavy atom. The Labute approximate surface area is 116 Å². The van der Waals surface area contributed by atoms with Crippen molar-refractivity contribution in [1.29, 1.82) is 0 Å². The van der Waals surface area contributed by atoms with Crippen LogP contribution in [0.3, 0.4) is 0 Å². The van der Waals surface area contributed by atoms with Crippen molar-refractivity contribution < 1.29 is 9.53 Å². The minimum Gasteiger partial charge on any atom is -0.455 e. The maximum absolute atomic E-state index is 11.1. The molecular formula is C14H12Cl2O2. The SMILES string of the molecule is CC(=O)O[C@]12C=C(c3cccc(Cl)c3Cl)C[C@H]1C2. The molecule has 0 unspecified atom stereocenters. The third-order valence-corrected chi connectivity index (χ3v) is 4.43. The zero-order chi connectivity index (χ0) is 12.9. The van der Waals surface area contributed by atoms with E-state index in [1.165, 1.54) is 6.92 Å². The number of allylic oxidation sites excluding steroid dienone is 1. The number of rotatable bonds is 2. The van der Waals surface area contributed by atoms with Gasteiger partial charge in [0.25, 0.3) is 0 Å². The van der Waals surface area contributed by atoms with Gasteiger partial charge in [-0.15, -0.1) is 0 Å². The average molecular weight is 283 g/mol. The number of hydrogen-bond acceptors (Lipinski definition) is 2. The van der Waals surface area contributed by atoms with Crippen molar-refractivity contribution in [1.82, 2.24) is 0 Å². The maximum Gasteiger partial charge on any atom is 0.303 e. The number of carbonyl (C=O) groups excluding carboxylic acids is 1. The van der Waals surface area contributed by atoms with Crippen LogP contribution in [0.25, 0.3) is 5.57 Å². The second kappa shape index (κ2) is 4.01. The second-order valence-corrected chi connectivity index (χ2v) is 5.71. The summed E-state index contributed by atoms with van der Waals surface area (Å²) in [6.45, 7) is 1.45. The van der Waals surface area contributed by atoms with Gasteiger partial charge < -0.3 is 4.74 Å². The molecule has 0 aromatic heterocycles. The fourth-order valence-electron chi connectivity index (χ4n) is 2.73. The number of benzene rings is 1. The zero-order valence-electron chi connectivity index (χ0n) is 9.87. The van der Waals surface area contributed by atoms with Crippen LogP contribution in [0.5, 0.6) is 0 Å². The molecule has 0 spiro atoms. The number of ether oxygens (including phenoxy) is 1. The molecule has 0 N–H and O–H groups in total. The standard InChI is InChI=1S/C14H12Cl2O2/c1-8(17)18-14-6-9(5-10(14)7-14)11-3-2-4-12(15)13(11)16/h2-4,6,10H,5,7H2,1H3/t10-,14-/m0/s1. The molecule has 2 atom stereocenters. The molecule has 18 heavy (non-hydrogen) atoms. The number of carbonyl (C=O) groups is 1. The lowest BCUT2D eigenvalue weighted by atomic mass is 10.0. The van der Waals surface area contributed by atoms with Gasteiger partial charge in [-0.2, -0.15) is 0 Å². The molecule has 0 amide bonds. The van der Waals surface area contributed by atoms with E-state index in [0.717, 1.165) is 24.0 Å². The predicted molar refractivity (Wildman–Crippen MR) is 71.7 cm³/mol. The summed E-state index contributed by atoms with van der Waals surface area (Å²) >= 11 is 12.2. The molecule has 3 rings (SSSR count). The smallest absolute Gasteiger partial charge is 0.303 e. The Balaban J connectivity index is 1.93. The molecule has 2 aliphatic carbocycles. The molecule has 1 aromatic rings. The van der Waals surface area contributed by atoms with Crippen molar-refractivity contribution in [3.05, 3.63) is 39.9 Å². The van der Waals surface area contributed by atoms with E-state index < -0.39 is 0 Å². The minimum absolute atomic E-state index is 0.229. The molecule has 0 saturated heterocycles. The summed E-state index contributed by atoms with van der Waals surface area (Å²) in [6, 6.07) is 5.60. The van der Waals surface area contributed by atoms with Crippen molar-refractivity contribution in [2.75, 3.05) is 0 Å². The largest absolute Gasteiger partial charge is 0.455 e. The van der Waals surface area contributed by atoms with Crippen molar-refractivity contribution in [2.45, 2.75) is 25.4 Å². The molecule has 0 bridgehead atoms. The van der Waals surface area contributed by atoms with Crippen LogP contribution >= 0.6 is 23.2 Å². The fourth-order valence-corrected chi connectivity index (χ4v) is 3.15. The molecule has 0 aliphatic heterocycles. The predicted octanol–water partition coefficient (Wildman–Crippen LogP) is 4.10. The first-order chi connectivity index (χ1) is 8.52. The van der Waals surface area contributed by atoms with E-state index in [0.29, 0.717) is 16.0 Å². The normalized spacial score (nSPS) is 28.6. The minimum atomic E-state index is -0.368. The Morgan fingerprint density at radius 1 is 1.44 bits per heavy atom. The Morgan fingerprint density at radius 3 is 2.94 bits per heavy atom. The summed E-state index contributed by atoms with van der Waals surface area (Å²) in [6.07, 6.45) is 3.86. The van der Waals surface area contributed by atoms with Gasteiger partial charge in [0.2, 0.25) is 0 Å². The van der Waals surface area contributed by atoms with Crippen molar-refractivity contribution in [2.24, 2.45) is 5.92 Å². The van der Waals surface area contributed by atoms with E-state index in [1.807, 2.05) is 18.2 Å². The quantitative estimate of drug-likeness (QED) is 0.764. The first-order valence-electron chi connectivity index (χ1n) is 5.87. The molecular weight excluding hydrogens is 271 g/mol. The van der Waals surface area contributed by atoms with Crippen molar-refractivity contribution >= 4 is 34.7 Å². The van der Waals surface area contributed by atoms with Gasteiger partial charge in [0.05, 0.1) is 10.0 Å². The zero-order valence-corrected chi connectivity index (χ0v) is 11.4. The maximum atomic E-state index is 11.1. The van der Waals surface area contributed by atoms with E-state index in [9.17, 15) is 4.79 Å². The number of fused-ring (bicyclic) bond motifs is 1. The monoisotopic (exact) mass is 282 g/mol. The fraction of sp³-hybridized carbons (Fsp3) is 0.357. The number of esters is 1. The summed E-state index contributed by atoms with van der Waals surface area (Å²) < 4.78 is 5.40. The second-order valence-electron chi connectivity index (χ2n) is 4.92. The molecule has 2 aliphatic rings. The third kappa shape index (κ3) is 1.84. The van der Waals surface area contributed by atoms with E-state index >= 15 is 0 Å². The summed E-state index contributed by atoms with van der Waals surface area (Å²) in [4.78, 5) is 11.1. The highest BCUT2D eigenvalue weighted by Crippen LogP contribution is 2.59. The summed E-state index contributed by atoms with van der Waals surface area (Å²) in [5.41, 5.74) is 1.70. The highest BCUT2D eigenvalue weighted by molar-refractivity contribution is 6.43. The van der Waals surface area contributed by atoms with Gasteiger partial charge in [0.1, 0.15) is 5.60 Å². The first-order valence-corrected chi connectivity index (χ1v) is 6.63. The summed E-state index contributed by atoms with van der Waals surface area (Å²) in [7, 11) is 0. The Hall–Kier alpha value is -0.990. The van der Waals surface area contributed by atoms with Gasteiger partial charge in [-0.1, -0.05) is 35.3 Å². The van der Waals surface area contributed by atoms with Crippen LogP contribution in [0.2, 0.25) is 10.0 Å². The molecule has 1 saturated carbocycles. The lowest BCUT2D eigenvalue weighted by Gasteiger charge is -2.10. The molecule has 94 valence electrons. The third-order valence-electron chi connectivity index (χ3n) is 3.61. The van der Waals surface area contributed by atoms with Crippen LogP contribution in [-0.4, -0.2) is 11.6 Å². The van der Waals surface area contributed by atoms with Crippen molar-refractivity contribution in [3.8, 4) is 0 Å². The topological polar surface area (TPSA) is 26.3 Å². The molecule has 4 heteroatoms. The van der Waals surface area contributed by atoms with Crippen molar-refractivity contribution in [3.63, 3.8) is 0 Å². The molecule has 0 heterocycles. The lowest BCUT2D eigenvalue weighted by Crippen LogP contribution is -2.15.